The van der Waals surface area contributed by atoms with Crippen molar-refractivity contribution in [2.75, 3.05) is 11.9 Å². The van der Waals surface area contributed by atoms with E-state index in [1.165, 1.54) is 18.2 Å². The monoisotopic (exact) mass is 430 g/mol. The summed E-state index contributed by atoms with van der Waals surface area (Å²) in [5.74, 6) is -0.476. The standard InChI is InChI=1S/C20H16ClFN4O2S/c21-18-14(3-1-5-16(18)22)15-4-2-6-17-19(15)25-20(26-29(17,27)28)24-12-9-13-7-10-23-11-8-13/h1-8,10-11H,9,12H2,(H2,24,25,26). The summed E-state index contributed by atoms with van der Waals surface area (Å²) in [6.45, 7) is 0.368. The van der Waals surface area contributed by atoms with Gasteiger partial charge in [0.1, 0.15) is 10.7 Å². The Morgan fingerprint density at radius 2 is 1.76 bits per heavy atom. The van der Waals surface area contributed by atoms with Crippen molar-refractivity contribution >= 4 is 33.3 Å². The molecule has 3 aromatic rings. The molecule has 0 saturated heterocycles. The summed E-state index contributed by atoms with van der Waals surface area (Å²) in [5.41, 5.74) is 2.21. The second-order valence-electron chi connectivity index (χ2n) is 6.35. The van der Waals surface area contributed by atoms with Crippen LogP contribution >= 0.6 is 11.6 Å². The van der Waals surface area contributed by atoms with Gasteiger partial charge in [-0.3, -0.25) is 9.98 Å². The first-order chi connectivity index (χ1) is 14.0. The Hall–Kier alpha value is -2.97. The molecule has 1 aliphatic heterocycles. The fourth-order valence-corrected chi connectivity index (χ4v) is 4.46. The van der Waals surface area contributed by atoms with Crippen LogP contribution in [0.2, 0.25) is 5.02 Å². The summed E-state index contributed by atoms with van der Waals surface area (Å²) in [5, 5.41) is 2.94. The number of fused-ring (bicyclic) bond motifs is 1. The highest BCUT2D eigenvalue weighted by molar-refractivity contribution is 7.90. The molecule has 2 heterocycles. The molecule has 0 unspecified atom stereocenters. The molecule has 1 aromatic heterocycles. The van der Waals surface area contributed by atoms with Crippen LogP contribution in [0, 0.1) is 5.82 Å². The highest BCUT2D eigenvalue weighted by atomic mass is 35.5. The fourth-order valence-electron chi connectivity index (χ4n) is 3.06. The molecule has 148 valence electrons. The lowest BCUT2D eigenvalue weighted by Crippen LogP contribution is -2.41. The highest BCUT2D eigenvalue weighted by Gasteiger charge is 2.29. The number of pyridine rings is 1. The Balaban J connectivity index is 1.70. The van der Waals surface area contributed by atoms with Crippen LogP contribution in [0.4, 0.5) is 10.1 Å². The lowest BCUT2D eigenvalue weighted by atomic mass is 10.0. The number of nitrogens with one attached hydrogen (secondary N) is 2. The minimum Gasteiger partial charge on any atom is -0.324 e. The maximum Gasteiger partial charge on any atom is 0.266 e. The number of hydrogen-bond donors (Lipinski definition) is 2. The molecular weight excluding hydrogens is 415 g/mol. The van der Waals surface area contributed by atoms with Crippen molar-refractivity contribution in [3.8, 4) is 11.1 Å². The lowest BCUT2D eigenvalue weighted by molar-refractivity contribution is 0.591. The van der Waals surface area contributed by atoms with Crippen LogP contribution in [0.5, 0.6) is 0 Å². The number of hydrogen-bond acceptors (Lipinski definition) is 4. The molecule has 29 heavy (non-hydrogen) atoms. The average molecular weight is 431 g/mol. The van der Waals surface area contributed by atoms with Gasteiger partial charge in [-0.15, -0.1) is 0 Å². The van der Waals surface area contributed by atoms with E-state index in [0.717, 1.165) is 5.56 Å². The zero-order valence-corrected chi connectivity index (χ0v) is 16.6. The molecule has 0 aliphatic carbocycles. The zero-order chi connectivity index (χ0) is 20.4. The van der Waals surface area contributed by atoms with E-state index in [-0.39, 0.29) is 15.9 Å². The van der Waals surface area contributed by atoms with Gasteiger partial charge in [-0.05, 0) is 36.2 Å². The summed E-state index contributed by atoms with van der Waals surface area (Å²) in [6, 6.07) is 12.9. The number of halogens is 2. The summed E-state index contributed by atoms with van der Waals surface area (Å²) in [4.78, 5) is 8.34. The molecule has 4 rings (SSSR count). The molecule has 0 spiro atoms. The first-order valence-corrected chi connectivity index (χ1v) is 10.6. The van der Waals surface area contributed by atoms with E-state index in [2.05, 4.69) is 20.0 Å². The number of benzene rings is 2. The average Bonchev–Trinajstić information content (AvgIpc) is 2.70. The minimum absolute atomic E-state index is 0.0448. The second kappa shape index (κ2) is 7.81. The molecule has 6 nitrogen and oxygen atoms in total. The number of para-hydroxylation sites is 1. The van der Waals surface area contributed by atoms with Crippen LogP contribution in [-0.4, -0.2) is 25.9 Å². The summed E-state index contributed by atoms with van der Waals surface area (Å²) >= 11 is 6.13. The smallest absolute Gasteiger partial charge is 0.266 e. The number of aliphatic imine (C=N–C) groups is 1. The van der Waals surface area contributed by atoms with Gasteiger partial charge in [0.15, 0.2) is 0 Å². The van der Waals surface area contributed by atoms with Crippen molar-refractivity contribution in [1.82, 2.24) is 9.71 Å². The lowest BCUT2D eigenvalue weighted by Gasteiger charge is -2.24. The maximum atomic E-state index is 13.9. The van der Waals surface area contributed by atoms with Crippen molar-refractivity contribution in [3.05, 3.63) is 77.3 Å². The second-order valence-corrected chi connectivity index (χ2v) is 8.38. The van der Waals surface area contributed by atoms with Gasteiger partial charge in [0, 0.05) is 30.1 Å². The van der Waals surface area contributed by atoms with Gasteiger partial charge in [0.05, 0.1) is 10.7 Å². The summed E-state index contributed by atoms with van der Waals surface area (Å²) < 4.78 is 41.8. The maximum absolute atomic E-state index is 13.9. The van der Waals surface area contributed by atoms with Crippen LogP contribution < -0.4 is 10.0 Å². The number of anilines is 1. The van der Waals surface area contributed by atoms with Crippen LogP contribution in [0.1, 0.15) is 5.56 Å². The molecule has 0 saturated carbocycles. The third-order valence-corrected chi connectivity index (χ3v) is 6.22. The van der Waals surface area contributed by atoms with E-state index >= 15 is 0 Å². The summed E-state index contributed by atoms with van der Waals surface area (Å²) in [6.07, 6.45) is 4.00. The zero-order valence-electron chi connectivity index (χ0n) is 15.1. The molecule has 9 heteroatoms. The predicted molar refractivity (Wildman–Crippen MR) is 111 cm³/mol. The number of nitrogens with zero attached hydrogens (tertiary/aromatic N) is 2. The number of sulfonamides is 1. The third kappa shape index (κ3) is 3.94. The molecule has 0 amide bonds. The first-order valence-electron chi connectivity index (χ1n) is 8.76. The first kappa shape index (κ1) is 19.4. The fraction of sp³-hybridized carbons (Fsp3) is 0.100. The number of rotatable bonds is 4. The van der Waals surface area contributed by atoms with Gasteiger partial charge in [-0.2, -0.15) is 0 Å². The molecule has 0 atom stereocenters. The molecule has 0 bridgehead atoms. The minimum atomic E-state index is -3.83. The van der Waals surface area contributed by atoms with Crippen LogP contribution in [0.25, 0.3) is 11.1 Å². The van der Waals surface area contributed by atoms with Gasteiger partial charge in [-0.25, -0.2) is 17.5 Å². The Kier molecular flexibility index (Phi) is 5.21. The van der Waals surface area contributed by atoms with Crippen molar-refractivity contribution in [1.29, 1.82) is 0 Å². The molecular formula is C20H16ClFN4O2S. The van der Waals surface area contributed by atoms with E-state index in [1.807, 2.05) is 12.1 Å². The molecule has 2 aromatic carbocycles. The molecule has 0 fully saturated rings. The number of guanidine groups is 1. The van der Waals surface area contributed by atoms with E-state index in [4.69, 9.17) is 11.6 Å². The highest BCUT2D eigenvalue weighted by Crippen LogP contribution is 2.39. The van der Waals surface area contributed by atoms with Crippen molar-refractivity contribution in [2.24, 2.45) is 4.99 Å². The van der Waals surface area contributed by atoms with E-state index in [0.29, 0.717) is 29.8 Å². The van der Waals surface area contributed by atoms with Crippen LogP contribution in [0.3, 0.4) is 0 Å². The Morgan fingerprint density at radius 1 is 1.03 bits per heavy atom. The SMILES string of the molecule is O=S1(=O)NC(=NCCc2ccncc2)Nc2c(-c3cccc(F)c3Cl)cccc21. The molecule has 1 aliphatic rings. The van der Waals surface area contributed by atoms with Crippen molar-refractivity contribution < 1.29 is 12.8 Å². The third-order valence-electron chi connectivity index (χ3n) is 4.45. The van der Waals surface area contributed by atoms with Crippen LogP contribution in [-0.2, 0) is 16.4 Å². The van der Waals surface area contributed by atoms with E-state index in [9.17, 15) is 12.8 Å². The van der Waals surface area contributed by atoms with E-state index < -0.39 is 15.8 Å². The molecule has 2 N–H and O–H groups in total. The quantitative estimate of drug-likeness (QED) is 0.658. The normalized spacial score (nSPS) is 16.0. The molecule has 0 radical (unpaired) electrons. The Bertz CT molecular complexity index is 1200. The Labute approximate surface area is 172 Å². The van der Waals surface area contributed by atoms with Gasteiger partial charge in [0.25, 0.3) is 10.0 Å². The van der Waals surface area contributed by atoms with Gasteiger partial charge >= 0.3 is 0 Å². The number of aromatic nitrogens is 1. The van der Waals surface area contributed by atoms with Gasteiger partial charge in [0.2, 0.25) is 5.96 Å². The van der Waals surface area contributed by atoms with Gasteiger partial charge in [-0.1, -0.05) is 35.9 Å². The van der Waals surface area contributed by atoms with Gasteiger partial charge < -0.3 is 5.32 Å². The predicted octanol–water partition coefficient (Wildman–Crippen LogP) is 3.84. The topological polar surface area (TPSA) is 83.5 Å². The van der Waals surface area contributed by atoms with Crippen molar-refractivity contribution in [2.45, 2.75) is 11.3 Å². The summed E-state index contributed by atoms with van der Waals surface area (Å²) in [7, 11) is -3.83. The van der Waals surface area contributed by atoms with Crippen molar-refractivity contribution in [3.63, 3.8) is 0 Å². The largest absolute Gasteiger partial charge is 0.324 e. The van der Waals surface area contributed by atoms with E-state index in [1.54, 1.807) is 30.6 Å². The van der Waals surface area contributed by atoms with Crippen LogP contribution in [0.15, 0.2) is 70.8 Å². The Morgan fingerprint density at radius 3 is 2.55 bits per heavy atom.